The Bertz CT molecular complexity index is 1040. The second-order valence-electron chi connectivity index (χ2n) is 17.1. The van der Waals surface area contributed by atoms with Crippen LogP contribution in [0.4, 0.5) is 0 Å². The van der Waals surface area contributed by atoms with Gasteiger partial charge in [-0.05, 0) is 44.9 Å². The zero-order valence-electron chi connectivity index (χ0n) is 39.2. The molecule has 0 aliphatic heterocycles. The highest BCUT2D eigenvalue weighted by atomic mass is 31.2. The molecule has 0 saturated heterocycles. The summed E-state index contributed by atoms with van der Waals surface area (Å²) in [5.41, 5.74) is 0. The molecule has 0 aromatic rings. The fraction of sp³-hybridized carbons (Fsp3) is 0.880. The van der Waals surface area contributed by atoms with Crippen molar-refractivity contribution >= 4 is 19.7 Å². The summed E-state index contributed by atoms with van der Waals surface area (Å²) in [6, 6.07) is 0. The SMILES string of the molecule is CCCCC/C=C\C/C=C\CCCCCCCCCCCC(=O)OCC(O)COP(=O)(O)OCCNC(=O)CCCCCCCCCCCCCCCCCCCCCC. The number of phosphoric ester groups is 1. The maximum Gasteiger partial charge on any atom is 0.472 e. The number of phosphoric acid groups is 1. The van der Waals surface area contributed by atoms with Gasteiger partial charge in [-0.2, -0.15) is 0 Å². The van der Waals surface area contributed by atoms with Crippen molar-refractivity contribution in [2.24, 2.45) is 0 Å². The van der Waals surface area contributed by atoms with E-state index in [2.05, 4.69) is 43.5 Å². The summed E-state index contributed by atoms with van der Waals surface area (Å²) in [5.74, 6) is -0.510. The second kappa shape index (κ2) is 47.0. The first-order valence-corrected chi connectivity index (χ1v) is 26.8. The Morgan fingerprint density at radius 2 is 0.900 bits per heavy atom. The summed E-state index contributed by atoms with van der Waals surface area (Å²) >= 11 is 0. The number of rotatable bonds is 48. The van der Waals surface area contributed by atoms with Crippen LogP contribution >= 0.6 is 7.82 Å². The zero-order valence-corrected chi connectivity index (χ0v) is 40.1. The Labute approximate surface area is 370 Å². The van der Waals surface area contributed by atoms with Gasteiger partial charge in [0, 0.05) is 19.4 Å². The molecule has 0 heterocycles. The van der Waals surface area contributed by atoms with Gasteiger partial charge >= 0.3 is 13.8 Å². The van der Waals surface area contributed by atoms with Crippen molar-refractivity contribution in [1.29, 1.82) is 0 Å². The largest absolute Gasteiger partial charge is 0.472 e. The van der Waals surface area contributed by atoms with Gasteiger partial charge in [-0.1, -0.05) is 218 Å². The number of allylic oxidation sites excluding steroid dienone is 4. The Balaban J connectivity index is 3.53. The molecule has 2 atom stereocenters. The third kappa shape index (κ3) is 47.5. The van der Waals surface area contributed by atoms with Crippen LogP contribution in [0.15, 0.2) is 24.3 Å². The number of esters is 1. The molecule has 3 N–H and O–H groups in total. The Morgan fingerprint density at radius 1 is 0.517 bits per heavy atom. The lowest BCUT2D eigenvalue weighted by Crippen LogP contribution is -2.27. The first kappa shape index (κ1) is 58.5. The smallest absolute Gasteiger partial charge is 0.463 e. The van der Waals surface area contributed by atoms with Crippen LogP contribution in [-0.2, 0) is 27.9 Å². The molecule has 0 aromatic heterocycles. The Hall–Kier alpha value is -1.51. The number of aliphatic hydroxyl groups is 1. The van der Waals surface area contributed by atoms with Gasteiger partial charge in [-0.25, -0.2) is 4.57 Å². The van der Waals surface area contributed by atoms with E-state index < -0.39 is 26.5 Å². The van der Waals surface area contributed by atoms with Gasteiger partial charge < -0.3 is 20.1 Å². The van der Waals surface area contributed by atoms with Gasteiger partial charge in [0.1, 0.15) is 12.7 Å². The van der Waals surface area contributed by atoms with Crippen molar-refractivity contribution < 1.29 is 37.9 Å². The number of aliphatic hydroxyl groups excluding tert-OH is 1. The molecule has 0 bridgehead atoms. The average Bonchev–Trinajstić information content (AvgIpc) is 3.23. The predicted molar refractivity (Wildman–Crippen MR) is 252 cm³/mol. The molecule has 0 radical (unpaired) electrons. The lowest BCUT2D eigenvalue weighted by molar-refractivity contribution is -0.147. The minimum Gasteiger partial charge on any atom is -0.463 e. The molecule has 0 aromatic carbocycles. The van der Waals surface area contributed by atoms with Crippen molar-refractivity contribution in [2.45, 2.75) is 258 Å². The number of carbonyl (C=O) groups is 2. The normalized spacial score (nSPS) is 13.3. The van der Waals surface area contributed by atoms with Crippen LogP contribution in [0.1, 0.15) is 251 Å². The highest BCUT2D eigenvalue weighted by Gasteiger charge is 2.23. The van der Waals surface area contributed by atoms with E-state index in [1.807, 2.05) is 0 Å². The van der Waals surface area contributed by atoms with Crippen LogP contribution in [0.5, 0.6) is 0 Å². The van der Waals surface area contributed by atoms with E-state index in [9.17, 15) is 24.2 Å². The average molecular weight is 870 g/mol. The summed E-state index contributed by atoms with van der Waals surface area (Å²) in [7, 11) is -4.42. The Morgan fingerprint density at radius 3 is 1.37 bits per heavy atom. The van der Waals surface area contributed by atoms with Crippen LogP contribution < -0.4 is 5.32 Å². The molecule has 0 aliphatic rings. The number of hydrogen-bond acceptors (Lipinski definition) is 7. The van der Waals surface area contributed by atoms with Gasteiger partial charge in [0.2, 0.25) is 5.91 Å². The van der Waals surface area contributed by atoms with Crippen molar-refractivity contribution in [3.8, 4) is 0 Å². The monoisotopic (exact) mass is 870 g/mol. The van der Waals surface area contributed by atoms with Crippen molar-refractivity contribution in [1.82, 2.24) is 5.32 Å². The minimum absolute atomic E-state index is 0.0854. The molecule has 0 spiro atoms. The van der Waals surface area contributed by atoms with Gasteiger partial charge in [0.05, 0.1) is 13.2 Å². The molecule has 2 unspecified atom stereocenters. The van der Waals surface area contributed by atoms with Crippen LogP contribution in [0.2, 0.25) is 0 Å². The van der Waals surface area contributed by atoms with E-state index in [1.165, 1.54) is 180 Å². The van der Waals surface area contributed by atoms with E-state index in [0.29, 0.717) is 6.42 Å². The topological polar surface area (TPSA) is 131 Å². The highest BCUT2D eigenvalue weighted by Crippen LogP contribution is 2.42. The first-order chi connectivity index (χ1) is 29.3. The fourth-order valence-electron chi connectivity index (χ4n) is 7.30. The van der Waals surface area contributed by atoms with Crippen LogP contribution in [0, 0.1) is 0 Å². The summed E-state index contributed by atoms with van der Waals surface area (Å²) in [4.78, 5) is 34.0. The quantitative estimate of drug-likeness (QED) is 0.0238. The highest BCUT2D eigenvalue weighted by molar-refractivity contribution is 7.47. The number of amides is 1. The molecule has 0 fully saturated rings. The van der Waals surface area contributed by atoms with Crippen LogP contribution in [-0.4, -0.2) is 54.3 Å². The molecular formula is C50H96NO8P. The predicted octanol–water partition coefficient (Wildman–Crippen LogP) is 14.7. The van der Waals surface area contributed by atoms with Gasteiger partial charge in [0.25, 0.3) is 0 Å². The molecule has 10 heteroatoms. The van der Waals surface area contributed by atoms with Gasteiger partial charge in [-0.3, -0.25) is 18.6 Å². The zero-order chi connectivity index (χ0) is 43.9. The molecule has 0 rings (SSSR count). The lowest BCUT2D eigenvalue weighted by Gasteiger charge is -2.15. The van der Waals surface area contributed by atoms with Crippen molar-refractivity contribution in [3.05, 3.63) is 24.3 Å². The molecule has 60 heavy (non-hydrogen) atoms. The third-order valence-electron chi connectivity index (χ3n) is 11.1. The second-order valence-corrected chi connectivity index (χ2v) is 18.6. The molecular weight excluding hydrogens is 774 g/mol. The lowest BCUT2D eigenvalue weighted by atomic mass is 10.0. The molecule has 1 amide bonds. The van der Waals surface area contributed by atoms with E-state index in [4.69, 9.17) is 13.8 Å². The van der Waals surface area contributed by atoms with E-state index in [1.54, 1.807) is 0 Å². The first-order valence-electron chi connectivity index (χ1n) is 25.3. The number of carbonyl (C=O) groups excluding carboxylic acids is 2. The summed E-state index contributed by atoms with van der Waals surface area (Å²) in [6.45, 7) is 3.57. The standard InChI is InChI=1S/C50H96NO8P/c1-3-5-7-9-11-13-15-17-19-21-23-25-26-28-30-32-34-36-38-40-42-49(53)51-44-45-58-60(55,56)59-47-48(52)46-57-50(54)43-41-39-37-35-33-31-29-27-24-22-20-18-16-14-12-10-8-6-4-2/h12,14,18,20,48,52H,3-11,13,15-17,19,21-47H2,1-2H3,(H,51,53)(H,55,56)/b14-12-,20-18-. The number of nitrogens with one attached hydrogen (secondary N) is 1. The van der Waals surface area contributed by atoms with Crippen molar-refractivity contribution in [3.63, 3.8) is 0 Å². The number of unbranched alkanes of at least 4 members (excludes halogenated alkanes) is 31. The number of ether oxygens (including phenoxy) is 1. The molecule has 0 aliphatic carbocycles. The van der Waals surface area contributed by atoms with Crippen molar-refractivity contribution in [2.75, 3.05) is 26.4 Å². The van der Waals surface area contributed by atoms with Crippen LogP contribution in [0.25, 0.3) is 0 Å². The van der Waals surface area contributed by atoms with Gasteiger partial charge in [0.15, 0.2) is 0 Å². The van der Waals surface area contributed by atoms with Crippen LogP contribution in [0.3, 0.4) is 0 Å². The summed E-state index contributed by atoms with van der Waals surface area (Å²) in [5, 5.41) is 12.7. The minimum atomic E-state index is -4.42. The molecule has 0 saturated carbocycles. The van der Waals surface area contributed by atoms with E-state index in [0.717, 1.165) is 44.9 Å². The fourth-order valence-corrected chi connectivity index (χ4v) is 8.05. The molecule has 354 valence electrons. The maximum absolute atomic E-state index is 12.1. The van der Waals surface area contributed by atoms with E-state index >= 15 is 0 Å². The maximum atomic E-state index is 12.1. The summed E-state index contributed by atoms with van der Waals surface area (Å²) < 4.78 is 27.0. The molecule has 9 nitrogen and oxygen atoms in total. The van der Waals surface area contributed by atoms with E-state index in [-0.39, 0.29) is 32.1 Å². The number of hydrogen-bond donors (Lipinski definition) is 3. The third-order valence-corrected chi connectivity index (χ3v) is 12.1. The summed E-state index contributed by atoms with van der Waals surface area (Å²) in [6.07, 6.45) is 52.6. The Kier molecular flexibility index (Phi) is 45.8. The van der Waals surface area contributed by atoms with Gasteiger partial charge in [-0.15, -0.1) is 0 Å².